The molecule has 0 saturated carbocycles. The smallest absolute Gasteiger partial charge is 0.407 e. The lowest BCUT2D eigenvalue weighted by molar-refractivity contribution is 0.0317. The molecule has 2 saturated heterocycles. The molecule has 0 aromatic heterocycles. The lowest BCUT2D eigenvalue weighted by Crippen LogP contribution is -2.53. The summed E-state index contributed by atoms with van der Waals surface area (Å²) in [4.78, 5) is 15.4. The van der Waals surface area contributed by atoms with Gasteiger partial charge in [-0.25, -0.2) is 4.79 Å². The maximum Gasteiger partial charge on any atom is 0.407 e. The van der Waals surface area contributed by atoms with Crippen molar-refractivity contribution in [1.82, 2.24) is 9.80 Å². The summed E-state index contributed by atoms with van der Waals surface area (Å²) >= 11 is 0. The minimum Gasteiger partial charge on any atom is -0.493 e. The number of fused-ring (bicyclic) bond motifs is 2. The Hall–Kier alpha value is -3.44. The lowest BCUT2D eigenvalue weighted by atomic mass is 9.84. The molecular weight excluding hydrogens is 446 g/mol. The van der Waals surface area contributed by atoms with Crippen LogP contribution in [0.15, 0.2) is 42.5 Å². The Morgan fingerprint density at radius 1 is 1.06 bits per heavy atom. The van der Waals surface area contributed by atoms with E-state index >= 15 is 0 Å². The predicted octanol–water partition coefficient (Wildman–Crippen LogP) is 4.41. The Kier molecular flexibility index (Phi) is 7.98. The van der Waals surface area contributed by atoms with Gasteiger partial charge in [-0.3, -0.25) is 0 Å². The Balaban J connectivity index is 1.41. The van der Waals surface area contributed by atoms with E-state index in [0.717, 1.165) is 44.5 Å². The largest absolute Gasteiger partial charge is 0.493 e. The van der Waals surface area contributed by atoms with Crippen molar-refractivity contribution >= 4 is 6.09 Å². The predicted molar refractivity (Wildman–Crippen MR) is 131 cm³/mol. The van der Waals surface area contributed by atoms with Gasteiger partial charge < -0.3 is 29.1 Å². The Labute approximate surface area is 206 Å². The first kappa shape index (κ1) is 24.7. The lowest BCUT2D eigenvalue weighted by Gasteiger charge is -2.45. The van der Waals surface area contributed by atoms with Crippen LogP contribution in [0.3, 0.4) is 0 Å². The van der Waals surface area contributed by atoms with Crippen LogP contribution >= 0.6 is 0 Å². The Morgan fingerprint density at radius 2 is 1.74 bits per heavy atom. The third-order valence-corrected chi connectivity index (χ3v) is 6.91. The number of piperidine rings is 2. The van der Waals surface area contributed by atoms with E-state index in [2.05, 4.69) is 11.0 Å². The molecule has 3 unspecified atom stereocenters. The van der Waals surface area contributed by atoms with Crippen molar-refractivity contribution in [3.63, 3.8) is 0 Å². The van der Waals surface area contributed by atoms with Crippen molar-refractivity contribution in [3.05, 3.63) is 53.6 Å². The summed E-state index contributed by atoms with van der Waals surface area (Å²) in [6.45, 7) is 4.11. The summed E-state index contributed by atoms with van der Waals surface area (Å²) in [7, 11) is 3.20. The molecule has 2 bridgehead atoms. The van der Waals surface area contributed by atoms with Gasteiger partial charge in [0.25, 0.3) is 0 Å². The number of amides is 1. The van der Waals surface area contributed by atoms with Crippen LogP contribution in [0.5, 0.6) is 17.2 Å². The van der Waals surface area contributed by atoms with E-state index < -0.39 is 6.09 Å². The number of hydrogen-bond donors (Lipinski definition) is 1. The number of hydrogen-bond acceptors (Lipinski definition) is 6. The van der Waals surface area contributed by atoms with Gasteiger partial charge in [-0.05, 0) is 67.5 Å². The molecule has 0 aliphatic carbocycles. The molecule has 2 fully saturated rings. The minimum absolute atomic E-state index is 0.173. The molecule has 186 valence electrons. The normalized spacial score (nSPS) is 20.5. The zero-order valence-corrected chi connectivity index (χ0v) is 20.4. The molecule has 3 atom stereocenters. The number of methoxy groups -OCH3 is 2. The number of ether oxygens (including phenoxy) is 3. The van der Waals surface area contributed by atoms with Crippen molar-refractivity contribution < 1.29 is 24.1 Å². The second-order valence-electron chi connectivity index (χ2n) is 9.41. The molecule has 0 spiro atoms. The van der Waals surface area contributed by atoms with Crippen LogP contribution in [-0.4, -0.2) is 67.9 Å². The van der Waals surface area contributed by atoms with Gasteiger partial charge in [-0.2, -0.15) is 5.26 Å². The SMILES string of the molecule is COc1ccc(OC(CCCN2CC3CC(C2)CN(C(=O)O)C3)c2ccc(C#N)cc2)cc1OC. The van der Waals surface area contributed by atoms with E-state index in [1.165, 1.54) is 0 Å². The van der Waals surface area contributed by atoms with Crippen molar-refractivity contribution in [3.8, 4) is 23.3 Å². The second kappa shape index (κ2) is 11.3. The molecule has 1 amide bonds. The van der Waals surface area contributed by atoms with Gasteiger partial charge in [0.15, 0.2) is 11.5 Å². The zero-order chi connectivity index (χ0) is 24.8. The summed E-state index contributed by atoms with van der Waals surface area (Å²) < 4.78 is 17.2. The van der Waals surface area contributed by atoms with Gasteiger partial charge in [0.2, 0.25) is 0 Å². The molecule has 1 N–H and O–H groups in total. The number of nitrogens with zero attached hydrogens (tertiary/aromatic N) is 3. The zero-order valence-electron chi connectivity index (χ0n) is 20.4. The van der Waals surface area contributed by atoms with E-state index in [9.17, 15) is 9.90 Å². The molecule has 2 heterocycles. The minimum atomic E-state index is -0.800. The Morgan fingerprint density at radius 3 is 2.34 bits per heavy atom. The highest BCUT2D eigenvalue weighted by molar-refractivity contribution is 5.65. The number of likely N-dealkylation sites (tertiary alicyclic amines) is 2. The van der Waals surface area contributed by atoms with Crippen molar-refractivity contribution in [2.75, 3.05) is 46.9 Å². The second-order valence-corrected chi connectivity index (χ2v) is 9.41. The third-order valence-electron chi connectivity index (χ3n) is 6.91. The highest BCUT2D eigenvalue weighted by Gasteiger charge is 2.35. The number of nitriles is 1. The van der Waals surface area contributed by atoms with Crippen LogP contribution in [-0.2, 0) is 0 Å². The molecule has 2 aromatic rings. The van der Waals surface area contributed by atoms with Gasteiger partial charge in [-0.1, -0.05) is 12.1 Å². The molecule has 2 aliphatic rings. The molecule has 2 aromatic carbocycles. The molecule has 35 heavy (non-hydrogen) atoms. The van der Waals surface area contributed by atoms with E-state index in [-0.39, 0.29) is 6.10 Å². The summed E-state index contributed by atoms with van der Waals surface area (Å²) in [5.74, 6) is 2.77. The summed E-state index contributed by atoms with van der Waals surface area (Å²) in [5.41, 5.74) is 1.64. The number of rotatable bonds is 9. The van der Waals surface area contributed by atoms with Crippen LogP contribution in [0.1, 0.15) is 36.5 Å². The van der Waals surface area contributed by atoms with E-state index in [4.69, 9.17) is 19.5 Å². The van der Waals surface area contributed by atoms with Gasteiger partial charge in [0, 0.05) is 32.2 Å². The van der Waals surface area contributed by atoms with Crippen LogP contribution < -0.4 is 14.2 Å². The van der Waals surface area contributed by atoms with Crippen LogP contribution in [0, 0.1) is 23.2 Å². The average molecular weight is 480 g/mol. The van der Waals surface area contributed by atoms with Crippen LogP contribution in [0.4, 0.5) is 4.79 Å². The molecule has 2 aliphatic heterocycles. The van der Waals surface area contributed by atoms with Crippen LogP contribution in [0.2, 0.25) is 0 Å². The fourth-order valence-corrected chi connectivity index (χ4v) is 5.35. The monoisotopic (exact) mass is 479 g/mol. The topological polar surface area (TPSA) is 95.3 Å². The van der Waals surface area contributed by atoms with Crippen molar-refractivity contribution in [2.45, 2.75) is 25.4 Å². The molecule has 4 rings (SSSR count). The highest BCUT2D eigenvalue weighted by Crippen LogP contribution is 2.34. The van der Waals surface area contributed by atoms with Crippen molar-refractivity contribution in [1.29, 1.82) is 5.26 Å². The third kappa shape index (κ3) is 6.17. The molecular formula is C27H33N3O5. The molecule has 8 heteroatoms. The standard InChI is InChI=1S/C27H33N3O5/c1-33-25-10-9-23(13-26(25)34-2)35-24(22-7-5-19(14-28)6-8-22)4-3-11-29-15-20-12-21(16-29)18-30(17-20)27(31)32/h5-10,13,20-21,24H,3-4,11-12,15-18H2,1-2H3,(H,31,32). The summed E-state index contributed by atoms with van der Waals surface area (Å²) in [5, 5.41) is 18.5. The Bertz CT molecular complexity index is 1040. The van der Waals surface area contributed by atoms with Gasteiger partial charge in [0.1, 0.15) is 11.9 Å². The fraction of sp³-hybridized carbons (Fsp3) is 0.481. The van der Waals surface area contributed by atoms with Crippen molar-refractivity contribution in [2.24, 2.45) is 11.8 Å². The van der Waals surface area contributed by atoms with Crippen LogP contribution in [0.25, 0.3) is 0 Å². The van der Waals surface area contributed by atoms with Gasteiger partial charge >= 0.3 is 6.09 Å². The first-order chi connectivity index (χ1) is 17.0. The van der Waals surface area contributed by atoms with E-state index in [1.807, 2.05) is 42.5 Å². The highest BCUT2D eigenvalue weighted by atomic mass is 16.5. The van der Waals surface area contributed by atoms with Gasteiger partial charge in [0.05, 0.1) is 25.9 Å². The number of carboxylic acid groups (broad SMARTS) is 1. The molecule has 0 radical (unpaired) electrons. The first-order valence-corrected chi connectivity index (χ1v) is 12.1. The number of carbonyl (C=O) groups is 1. The quantitative estimate of drug-likeness (QED) is 0.569. The van der Waals surface area contributed by atoms with E-state index in [0.29, 0.717) is 47.7 Å². The maximum absolute atomic E-state index is 11.4. The molecule has 8 nitrogen and oxygen atoms in total. The average Bonchev–Trinajstić information content (AvgIpc) is 2.87. The number of benzene rings is 2. The summed E-state index contributed by atoms with van der Waals surface area (Å²) in [6.07, 6.45) is 1.91. The maximum atomic E-state index is 11.4. The fourth-order valence-electron chi connectivity index (χ4n) is 5.35. The van der Waals surface area contributed by atoms with E-state index in [1.54, 1.807) is 19.1 Å². The first-order valence-electron chi connectivity index (χ1n) is 12.1. The summed E-state index contributed by atoms with van der Waals surface area (Å²) in [6, 6.07) is 15.2. The van der Waals surface area contributed by atoms with Gasteiger partial charge in [-0.15, -0.1) is 0 Å².